The Bertz CT molecular complexity index is 159. The van der Waals surface area contributed by atoms with Gasteiger partial charge in [-0.25, -0.2) is 0 Å². The maximum absolute atomic E-state index is 5.08. The van der Waals surface area contributed by atoms with Crippen LogP contribution in [0.2, 0.25) is 0 Å². The monoisotopic (exact) mass is 155 g/mol. The van der Waals surface area contributed by atoms with Gasteiger partial charge in [0.15, 0.2) is 0 Å². The predicted molar refractivity (Wildman–Crippen MR) is 48.8 cm³/mol. The summed E-state index contributed by atoms with van der Waals surface area (Å²) in [4.78, 5) is 4.21. The zero-order valence-electron chi connectivity index (χ0n) is 7.85. The standard InChI is InChI=1S/C9H17NO/c1-5-7-9(10-6-2)8(3)11-4/h6H,5,7H2,1-4H3/b9-8+,10-6?. The minimum absolute atomic E-state index is 0.921. The van der Waals surface area contributed by atoms with Crippen molar-refractivity contribution < 1.29 is 4.74 Å². The van der Waals surface area contributed by atoms with E-state index in [9.17, 15) is 0 Å². The van der Waals surface area contributed by atoms with Gasteiger partial charge < -0.3 is 4.74 Å². The average molecular weight is 155 g/mol. The first kappa shape index (κ1) is 10.2. The zero-order valence-corrected chi connectivity index (χ0v) is 7.85. The molecule has 0 amide bonds. The van der Waals surface area contributed by atoms with E-state index < -0.39 is 0 Å². The third-order valence-electron chi connectivity index (χ3n) is 1.48. The Kier molecular flexibility index (Phi) is 5.53. The van der Waals surface area contributed by atoms with Gasteiger partial charge in [-0.2, -0.15) is 0 Å². The summed E-state index contributed by atoms with van der Waals surface area (Å²) in [5, 5.41) is 0. The molecule has 0 fully saturated rings. The number of allylic oxidation sites excluding steroid dienone is 2. The lowest BCUT2D eigenvalue weighted by Gasteiger charge is -2.04. The number of methoxy groups -OCH3 is 1. The third-order valence-corrected chi connectivity index (χ3v) is 1.48. The molecule has 0 aliphatic rings. The molecule has 0 rings (SSSR count). The lowest BCUT2D eigenvalue weighted by molar-refractivity contribution is 0.287. The van der Waals surface area contributed by atoms with Crippen LogP contribution in [0.25, 0.3) is 0 Å². The van der Waals surface area contributed by atoms with Crippen molar-refractivity contribution in [3.05, 3.63) is 11.5 Å². The number of ether oxygens (including phenoxy) is 1. The molecule has 0 unspecified atom stereocenters. The van der Waals surface area contributed by atoms with Crippen LogP contribution in [0.3, 0.4) is 0 Å². The minimum Gasteiger partial charge on any atom is -0.500 e. The zero-order chi connectivity index (χ0) is 8.69. The molecule has 0 saturated heterocycles. The normalized spacial score (nSPS) is 13.5. The quantitative estimate of drug-likeness (QED) is 0.452. The highest BCUT2D eigenvalue weighted by atomic mass is 16.5. The van der Waals surface area contributed by atoms with Gasteiger partial charge in [-0.3, -0.25) is 4.99 Å². The van der Waals surface area contributed by atoms with Crippen LogP contribution in [0.15, 0.2) is 16.4 Å². The van der Waals surface area contributed by atoms with Crippen molar-refractivity contribution in [2.45, 2.75) is 33.6 Å². The van der Waals surface area contributed by atoms with Gasteiger partial charge in [-0.15, -0.1) is 0 Å². The van der Waals surface area contributed by atoms with Crippen molar-refractivity contribution >= 4 is 6.21 Å². The molecule has 0 aliphatic heterocycles. The SMILES string of the molecule is CC=N/C(CCC)=C(\C)OC. The first-order valence-electron chi connectivity index (χ1n) is 3.98. The van der Waals surface area contributed by atoms with E-state index in [1.54, 1.807) is 13.3 Å². The van der Waals surface area contributed by atoms with Crippen molar-refractivity contribution in [1.29, 1.82) is 0 Å². The number of nitrogens with zero attached hydrogens (tertiary/aromatic N) is 1. The smallest absolute Gasteiger partial charge is 0.114 e. The molecule has 2 heteroatoms. The Morgan fingerprint density at radius 3 is 2.55 bits per heavy atom. The molecule has 0 spiro atoms. The number of hydrogen-bond acceptors (Lipinski definition) is 2. The van der Waals surface area contributed by atoms with Gasteiger partial charge in [-0.1, -0.05) is 13.3 Å². The maximum Gasteiger partial charge on any atom is 0.114 e. The Labute approximate surface area is 69.0 Å². The summed E-state index contributed by atoms with van der Waals surface area (Å²) in [5.41, 5.74) is 1.05. The fourth-order valence-electron chi connectivity index (χ4n) is 0.842. The van der Waals surface area contributed by atoms with Crippen LogP contribution in [-0.4, -0.2) is 13.3 Å². The van der Waals surface area contributed by atoms with Gasteiger partial charge in [0.1, 0.15) is 5.76 Å². The molecule has 0 aliphatic carbocycles. The predicted octanol–water partition coefficient (Wildman–Crippen LogP) is 2.76. The molecule has 0 aromatic rings. The molecule has 0 atom stereocenters. The second-order valence-corrected chi connectivity index (χ2v) is 2.34. The Morgan fingerprint density at radius 2 is 2.18 bits per heavy atom. The summed E-state index contributed by atoms with van der Waals surface area (Å²) < 4.78 is 5.08. The first-order valence-corrected chi connectivity index (χ1v) is 3.98. The van der Waals surface area contributed by atoms with Crippen LogP contribution < -0.4 is 0 Å². The van der Waals surface area contributed by atoms with Gasteiger partial charge in [0.25, 0.3) is 0 Å². The van der Waals surface area contributed by atoms with E-state index in [2.05, 4.69) is 11.9 Å². The van der Waals surface area contributed by atoms with Gasteiger partial charge in [-0.05, 0) is 20.3 Å². The molecule has 0 heterocycles. The molecular formula is C9H17NO. The second-order valence-electron chi connectivity index (χ2n) is 2.34. The van der Waals surface area contributed by atoms with Crippen molar-refractivity contribution in [2.75, 3.05) is 7.11 Å². The van der Waals surface area contributed by atoms with Gasteiger partial charge in [0.05, 0.1) is 12.8 Å². The van der Waals surface area contributed by atoms with Crippen LogP contribution in [0, 0.1) is 0 Å². The Morgan fingerprint density at radius 1 is 1.55 bits per heavy atom. The van der Waals surface area contributed by atoms with Gasteiger partial charge in [0, 0.05) is 6.21 Å². The largest absolute Gasteiger partial charge is 0.500 e. The Hall–Kier alpha value is -0.790. The van der Waals surface area contributed by atoms with E-state index in [1.807, 2.05) is 13.8 Å². The maximum atomic E-state index is 5.08. The van der Waals surface area contributed by atoms with Gasteiger partial charge in [0.2, 0.25) is 0 Å². The van der Waals surface area contributed by atoms with Crippen molar-refractivity contribution in [1.82, 2.24) is 0 Å². The lowest BCUT2D eigenvalue weighted by Crippen LogP contribution is -1.88. The highest BCUT2D eigenvalue weighted by Gasteiger charge is 1.97. The number of aliphatic imine (C=N–C) groups is 1. The fraction of sp³-hybridized carbons (Fsp3) is 0.667. The van der Waals surface area contributed by atoms with Crippen LogP contribution in [0.5, 0.6) is 0 Å². The van der Waals surface area contributed by atoms with Crippen LogP contribution >= 0.6 is 0 Å². The van der Waals surface area contributed by atoms with E-state index in [0.29, 0.717) is 0 Å². The molecule has 0 aromatic heterocycles. The summed E-state index contributed by atoms with van der Waals surface area (Å²) in [5.74, 6) is 0.921. The van der Waals surface area contributed by atoms with E-state index >= 15 is 0 Å². The lowest BCUT2D eigenvalue weighted by atomic mass is 10.2. The Balaban J connectivity index is 4.30. The third kappa shape index (κ3) is 3.81. The molecule has 0 radical (unpaired) electrons. The summed E-state index contributed by atoms with van der Waals surface area (Å²) >= 11 is 0. The average Bonchev–Trinajstić information content (AvgIpc) is 2.03. The van der Waals surface area contributed by atoms with Crippen LogP contribution in [0.4, 0.5) is 0 Å². The highest BCUT2D eigenvalue weighted by Crippen LogP contribution is 2.12. The molecular weight excluding hydrogens is 138 g/mol. The number of rotatable bonds is 4. The fourth-order valence-corrected chi connectivity index (χ4v) is 0.842. The van der Waals surface area contributed by atoms with E-state index in [-0.39, 0.29) is 0 Å². The topological polar surface area (TPSA) is 21.6 Å². The first-order chi connectivity index (χ1) is 5.26. The molecule has 64 valence electrons. The molecule has 0 saturated carbocycles. The van der Waals surface area contributed by atoms with E-state index in [1.165, 1.54) is 0 Å². The molecule has 0 N–H and O–H groups in total. The summed E-state index contributed by atoms with van der Waals surface area (Å²) in [6.45, 7) is 5.99. The number of hydrogen-bond donors (Lipinski definition) is 0. The molecule has 2 nitrogen and oxygen atoms in total. The van der Waals surface area contributed by atoms with E-state index in [4.69, 9.17) is 4.74 Å². The molecule has 11 heavy (non-hydrogen) atoms. The summed E-state index contributed by atoms with van der Waals surface area (Å²) in [6.07, 6.45) is 3.89. The minimum atomic E-state index is 0.921. The summed E-state index contributed by atoms with van der Waals surface area (Å²) in [7, 11) is 1.68. The van der Waals surface area contributed by atoms with E-state index in [0.717, 1.165) is 24.3 Å². The van der Waals surface area contributed by atoms with Crippen molar-refractivity contribution in [3.63, 3.8) is 0 Å². The molecule has 0 bridgehead atoms. The van der Waals surface area contributed by atoms with Crippen LogP contribution in [0.1, 0.15) is 33.6 Å². The highest BCUT2D eigenvalue weighted by molar-refractivity contribution is 5.55. The van der Waals surface area contributed by atoms with Crippen molar-refractivity contribution in [3.8, 4) is 0 Å². The molecule has 0 aromatic carbocycles. The second kappa shape index (κ2) is 5.96. The van der Waals surface area contributed by atoms with Crippen LogP contribution in [-0.2, 0) is 4.74 Å². The van der Waals surface area contributed by atoms with Gasteiger partial charge >= 0.3 is 0 Å². The summed E-state index contributed by atoms with van der Waals surface area (Å²) in [6, 6.07) is 0. The van der Waals surface area contributed by atoms with Crippen molar-refractivity contribution in [2.24, 2.45) is 4.99 Å².